The lowest BCUT2D eigenvalue weighted by Crippen LogP contribution is -2.48. The Bertz CT molecular complexity index is 652. The van der Waals surface area contributed by atoms with E-state index in [0.29, 0.717) is 24.1 Å². The molecule has 2 aliphatic carbocycles. The molecule has 2 saturated carbocycles. The van der Waals surface area contributed by atoms with E-state index >= 15 is 0 Å². The van der Waals surface area contributed by atoms with Crippen LogP contribution in [0.25, 0.3) is 0 Å². The molecule has 4 rings (SSSR count). The molecule has 26 heavy (non-hydrogen) atoms. The average molecular weight is 379 g/mol. The van der Waals surface area contributed by atoms with Crippen LogP contribution in [0, 0.1) is 17.8 Å². The molecule has 3 N–H and O–H groups in total. The molecule has 1 aromatic rings. The molecule has 0 aromatic carbocycles. The molecule has 1 saturated heterocycles. The normalized spacial score (nSPS) is 30.7. The molecule has 3 aliphatic rings. The number of nitrogens with two attached hydrogens (primary N) is 1. The van der Waals surface area contributed by atoms with Gasteiger partial charge in [0.25, 0.3) is 0 Å². The van der Waals surface area contributed by atoms with Gasteiger partial charge in [-0.2, -0.15) is 0 Å². The van der Waals surface area contributed by atoms with Gasteiger partial charge in [-0.15, -0.1) is 12.4 Å². The second kappa shape index (κ2) is 7.92. The Hall–Kier alpha value is -1.66. The summed E-state index contributed by atoms with van der Waals surface area (Å²) < 4.78 is 0. The van der Waals surface area contributed by atoms with Gasteiger partial charge in [0.2, 0.25) is 11.8 Å². The van der Waals surface area contributed by atoms with E-state index in [-0.39, 0.29) is 36.2 Å². The SMILES string of the molecule is Cl.NC1C2CCCC1CC(C(=O)Nc1ccc(N3CCCC3=O)cn1)C2. The fourth-order valence-corrected chi connectivity index (χ4v) is 4.77. The molecule has 142 valence electrons. The minimum atomic E-state index is 0. The van der Waals surface area contributed by atoms with Gasteiger partial charge in [0.15, 0.2) is 0 Å². The third kappa shape index (κ3) is 3.71. The summed E-state index contributed by atoms with van der Waals surface area (Å²) in [5.74, 6) is 1.77. The van der Waals surface area contributed by atoms with Gasteiger partial charge in [-0.05, 0) is 56.1 Å². The van der Waals surface area contributed by atoms with E-state index in [9.17, 15) is 9.59 Å². The summed E-state index contributed by atoms with van der Waals surface area (Å²) in [5.41, 5.74) is 7.11. The smallest absolute Gasteiger partial charge is 0.228 e. The Labute approximate surface area is 160 Å². The monoisotopic (exact) mass is 378 g/mol. The number of nitrogens with zero attached hydrogens (tertiary/aromatic N) is 2. The highest BCUT2D eigenvalue weighted by atomic mass is 35.5. The summed E-state index contributed by atoms with van der Waals surface area (Å²) in [5, 5.41) is 2.95. The first-order valence-corrected chi connectivity index (χ1v) is 9.44. The second-order valence-corrected chi connectivity index (χ2v) is 7.74. The summed E-state index contributed by atoms with van der Waals surface area (Å²) in [6.07, 6.45) is 8.50. The first-order chi connectivity index (χ1) is 12.1. The molecule has 7 heteroatoms. The Morgan fingerprint density at radius 2 is 1.92 bits per heavy atom. The van der Waals surface area contributed by atoms with Crippen LogP contribution in [0.1, 0.15) is 44.9 Å². The number of carbonyl (C=O) groups is 2. The molecule has 2 unspecified atom stereocenters. The predicted molar refractivity (Wildman–Crippen MR) is 103 cm³/mol. The van der Waals surface area contributed by atoms with E-state index in [1.54, 1.807) is 17.2 Å². The Kier molecular flexibility index (Phi) is 5.82. The number of nitrogens with one attached hydrogen (secondary N) is 1. The van der Waals surface area contributed by atoms with Crippen molar-refractivity contribution in [3.05, 3.63) is 18.3 Å². The molecule has 2 amide bonds. The van der Waals surface area contributed by atoms with E-state index in [4.69, 9.17) is 5.73 Å². The van der Waals surface area contributed by atoms with Gasteiger partial charge in [0.1, 0.15) is 5.82 Å². The third-order valence-electron chi connectivity index (χ3n) is 6.17. The molecule has 1 aliphatic heterocycles. The van der Waals surface area contributed by atoms with Crippen molar-refractivity contribution in [2.24, 2.45) is 23.5 Å². The lowest BCUT2D eigenvalue weighted by molar-refractivity contribution is -0.122. The van der Waals surface area contributed by atoms with E-state index < -0.39 is 0 Å². The number of fused-ring (bicyclic) bond motifs is 2. The topological polar surface area (TPSA) is 88.3 Å². The molecule has 0 radical (unpaired) electrons. The number of hydrogen-bond acceptors (Lipinski definition) is 4. The maximum Gasteiger partial charge on any atom is 0.228 e. The molecule has 0 spiro atoms. The van der Waals surface area contributed by atoms with Gasteiger partial charge in [0, 0.05) is 24.9 Å². The van der Waals surface area contributed by atoms with Crippen LogP contribution in [-0.4, -0.2) is 29.4 Å². The Morgan fingerprint density at radius 3 is 2.50 bits per heavy atom. The molecule has 2 atom stereocenters. The first kappa shape index (κ1) is 19.1. The highest BCUT2D eigenvalue weighted by Crippen LogP contribution is 2.42. The van der Waals surface area contributed by atoms with Crippen LogP contribution < -0.4 is 16.0 Å². The number of anilines is 2. The van der Waals surface area contributed by atoms with Crippen molar-refractivity contribution in [3.63, 3.8) is 0 Å². The number of halogens is 1. The van der Waals surface area contributed by atoms with Crippen LogP contribution in [0.15, 0.2) is 18.3 Å². The maximum absolute atomic E-state index is 12.6. The number of hydrogen-bond donors (Lipinski definition) is 2. The van der Waals surface area contributed by atoms with Crippen LogP contribution in [0.3, 0.4) is 0 Å². The second-order valence-electron chi connectivity index (χ2n) is 7.74. The van der Waals surface area contributed by atoms with Crippen molar-refractivity contribution < 1.29 is 9.59 Å². The van der Waals surface area contributed by atoms with Gasteiger partial charge >= 0.3 is 0 Å². The van der Waals surface area contributed by atoms with Crippen LogP contribution in [0.5, 0.6) is 0 Å². The minimum absolute atomic E-state index is 0. The summed E-state index contributed by atoms with van der Waals surface area (Å²) >= 11 is 0. The van der Waals surface area contributed by atoms with Gasteiger partial charge in [0.05, 0.1) is 11.9 Å². The van der Waals surface area contributed by atoms with Crippen LogP contribution >= 0.6 is 12.4 Å². The van der Waals surface area contributed by atoms with Gasteiger partial charge in [-0.25, -0.2) is 4.98 Å². The van der Waals surface area contributed by atoms with E-state index in [0.717, 1.165) is 44.3 Å². The molecule has 1 aromatic heterocycles. The molecule has 3 fully saturated rings. The van der Waals surface area contributed by atoms with Crippen molar-refractivity contribution in [1.29, 1.82) is 0 Å². The van der Waals surface area contributed by atoms with Crippen LogP contribution in [0.2, 0.25) is 0 Å². The van der Waals surface area contributed by atoms with Crippen molar-refractivity contribution in [2.45, 2.75) is 51.0 Å². The largest absolute Gasteiger partial charge is 0.327 e. The standard InChI is InChI=1S/C19H26N4O2.ClH/c20-18-12-3-1-4-13(18)10-14(9-12)19(25)22-16-7-6-15(11-21-16)23-8-2-5-17(23)24;/h6-7,11-14,18H,1-5,8-10,20H2,(H,21,22,25);1H. The summed E-state index contributed by atoms with van der Waals surface area (Å²) in [4.78, 5) is 30.5. The number of aromatic nitrogens is 1. The molecular weight excluding hydrogens is 352 g/mol. The highest BCUT2D eigenvalue weighted by molar-refractivity contribution is 5.95. The third-order valence-corrected chi connectivity index (χ3v) is 6.17. The fourth-order valence-electron chi connectivity index (χ4n) is 4.77. The first-order valence-electron chi connectivity index (χ1n) is 9.44. The zero-order chi connectivity index (χ0) is 17.4. The van der Waals surface area contributed by atoms with Gasteiger partial charge in [-0.3, -0.25) is 9.59 Å². The van der Waals surface area contributed by atoms with Crippen molar-refractivity contribution in [1.82, 2.24) is 4.98 Å². The molecule has 2 heterocycles. The quantitative estimate of drug-likeness (QED) is 0.846. The van der Waals surface area contributed by atoms with Gasteiger partial charge in [-0.1, -0.05) is 6.42 Å². The average Bonchev–Trinajstić information content (AvgIpc) is 3.01. The number of amides is 2. The summed E-state index contributed by atoms with van der Waals surface area (Å²) in [7, 11) is 0. The molecular formula is C19H27ClN4O2. The van der Waals surface area contributed by atoms with E-state index in [1.807, 2.05) is 6.07 Å². The molecule has 2 bridgehead atoms. The summed E-state index contributed by atoms with van der Waals surface area (Å²) in [6.45, 7) is 0.747. The predicted octanol–water partition coefficient (Wildman–Crippen LogP) is 2.72. The lowest BCUT2D eigenvalue weighted by atomic mass is 9.65. The highest BCUT2D eigenvalue weighted by Gasteiger charge is 2.40. The van der Waals surface area contributed by atoms with E-state index in [1.165, 1.54) is 6.42 Å². The Balaban J connectivity index is 0.00000196. The van der Waals surface area contributed by atoms with Crippen molar-refractivity contribution in [2.75, 3.05) is 16.8 Å². The maximum atomic E-state index is 12.6. The van der Waals surface area contributed by atoms with Crippen molar-refractivity contribution in [3.8, 4) is 0 Å². The summed E-state index contributed by atoms with van der Waals surface area (Å²) in [6, 6.07) is 3.92. The minimum Gasteiger partial charge on any atom is -0.327 e. The number of carbonyl (C=O) groups excluding carboxylic acids is 2. The fraction of sp³-hybridized carbons (Fsp3) is 0.632. The van der Waals surface area contributed by atoms with Crippen LogP contribution in [0.4, 0.5) is 11.5 Å². The Morgan fingerprint density at radius 1 is 1.19 bits per heavy atom. The lowest BCUT2D eigenvalue weighted by Gasteiger charge is -2.43. The number of pyridine rings is 1. The van der Waals surface area contributed by atoms with E-state index in [2.05, 4.69) is 10.3 Å². The number of rotatable bonds is 3. The van der Waals surface area contributed by atoms with Crippen molar-refractivity contribution >= 4 is 35.7 Å². The van der Waals surface area contributed by atoms with Crippen LogP contribution in [-0.2, 0) is 9.59 Å². The zero-order valence-electron chi connectivity index (χ0n) is 14.9. The van der Waals surface area contributed by atoms with Gasteiger partial charge < -0.3 is 16.0 Å². The zero-order valence-corrected chi connectivity index (χ0v) is 15.7. The molecule has 6 nitrogen and oxygen atoms in total.